The molecule has 1 amide bonds. The van der Waals surface area contributed by atoms with E-state index >= 15 is 0 Å². The molecule has 0 bridgehead atoms. The van der Waals surface area contributed by atoms with Gasteiger partial charge in [0.05, 0.1) is 17.1 Å². The van der Waals surface area contributed by atoms with Crippen LogP contribution in [0.5, 0.6) is 0 Å². The fourth-order valence-corrected chi connectivity index (χ4v) is 4.07. The smallest absolute Gasteiger partial charge is 0.352 e. The van der Waals surface area contributed by atoms with Crippen LogP contribution >= 0.6 is 0 Å². The molecular formula is C13H14F3NO3S. The molecule has 1 saturated heterocycles. The van der Waals surface area contributed by atoms with Crippen LogP contribution in [0.1, 0.15) is 22.3 Å². The van der Waals surface area contributed by atoms with Gasteiger partial charge in [-0.1, -0.05) is 6.07 Å². The van der Waals surface area contributed by atoms with Crippen LogP contribution in [0.15, 0.2) is 24.3 Å². The first-order chi connectivity index (χ1) is 9.67. The minimum atomic E-state index is -4.50. The molecule has 0 saturated carbocycles. The van der Waals surface area contributed by atoms with Crippen LogP contribution in [0, 0.1) is 5.92 Å². The summed E-state index contributed by atoms with van der Waals surface area (Å²) >= 11 is 0. The van der Waals surface area contributed by atoms with Crippen molar-refractivity contribution in [1.29, 1.82) is 0 Å². The summed E-state index contributed by atoms with van der Waals surface area (Å²) in [7, 11) is -3.03. The van der Waals surface area contributed by atoms with E-state index in [1.807, 2.05) is 0 Å². The lowest BCUT2D eigenvalue weighted by atomic mass is 10.1. The number of benzene rings is 1. The minimum absolute atomic E-state index is 0.00979. The van der Waals surface area contributed by atoms with E-state index in [9.17, 15) is 26.4 Å². The summed E-state index contributed by atoms with van der Waals surface area (Å²) in [5.41, 5.74) is -0.982. The SMILES string of the molecule is O=C(NCC1CCS(=O)(=O)C1)c1cccc(C(F)(F)F)c1. The maximum Gasteiger partial charge on any atom is 0.416 e. The van der Waals surface area contributed by atoms with Gasteiger partial charge in [-0.15, -0.1) is 0 Å². The number of rotatable bonds is 3. The first kappa shape index (κ1) is 15.8. The predicted molar refractivity (Wildman–Crippen MR) is 70.5 cm³/mol. The van der Waals surface area contributed by atoms with Gasteiger partial charge in [-0.25, -0.2) is 8.42 Å². The molecule has 1 N–H and O–H groups in total. The standard InChI is InChI=1S/C13H14F3NO3S/c14-13(15,16)11-3-1-2-10(6-11)12(18)17-7-9-4-5-21(19,20)8-9/h1-3,6,9H,4-5,7-8H2,(H,17,18). The van der Waals surface area contributed by atoms with Crippen molar-refractivity contribution in [2.75, 3.05) is 18.1 Å². The molecule has 0 aromatic heterocycles. The molecule has 4 nitrogen and oxygen atoms in total. The summed E-state index contributed by atoms with van der Waals surface area (Å²) < 4.78 is 60.2. The van der Waals surface area contributed by atoms with Gasteiger partial charge in [0, 0.05) is 12.1 Å². The Balaban J connectivity index is 1.98. The maximum atomic E-state index is 12.5. The molecule has 1 unspecified atom stereocenters. The fourth-order valence-electron chi connectivity index (χ4n) is 2.21. The van der Waals surface area contributed by atoms with Gasteiger partial charge in [-0.2, -0.15) is 13.2 Å². The normalized spacial score (nSPS) is 21.2. The zero-order valence-corrected chi connectivity index (χ0v) is 11.8. The summed E-state index contributed by atoms with van der Waals surface area (Å²) in [5.74, 6) is -0.706. The van der Waals surface area contributed by atoms with Crippen molar-refractivity contribution in [2.24, 2.45) is 5.92 Å². The lowest BCUT2D eigenvalue weighted by Crippen LogP contribution is -2.30. The summed E-state index contributed by atoms with van der Waals surface area (Å²) in [6, 6.07) is 4.12. The van der Waals surface area contributed by atoms with E-state index in [1.54, 1.807) is 0 Å². The van der Waals surface area contributed by atoms with Crippen LogP contribution in [0.25, 0.3) is 0 Å². The average Bonchev–Trinajstić information content (AvgIpc) is 2.75. The van der Waals surface area contributed by atoms with Crippen molar-refractivity contribution in [3.63, 3.8) is 0 Å². The number of carbonyl (C=O) groups is 1. The molecule has 1 aromatic carbocycles. The van der Waals surface area contributed by atoms with Gasteiger partial charge in [-0.05, 0) is 30.5 Å². The number of carbonyl (C=O) groups excluding carboxylic acids is 1. The van der Waals surface area contributed by atoms with Crippen LogP contribution in [0.3, 0.4) is 0 Å². The van der Waals surface area contributed by atoms with Crippen LogP contribution in [0.4, 0.5) is 13.2 Å². The Kier molecular flexibility index (Phi) is 4.27. The highest BCUT2D eigenvalue weighted by molar-refractivity contribution is 7.91. The van der Waals surface area contributed by atoms with E-state index in [1.165, 1.54) is 6.07 Å². The van der Waals surface area contributed by atoms with Gasteiger partial charge >= 0.3 is 6.18 Å². The minimum Gasteiger partial charge on any atom is -0.352 e. The Morgan fingerprint density at radius 2 is 2.05 bits per heavy atom. The molecule has 2 rings (SSSR count). The van der Waals surface area contributed by atoms with Crippen molar-refractivity contribution >= 4 is 15.7 Å². The highest BCUT2D eigenvalue weighted by Crippen LogP contribution is 2.29. The molecule has 1 aliphatic rings. The van der Waals surface area contributed by atoms with Gasteiger partial charge in [0.25, 0.3) is 5.91 Å². The zero-order chi connectivity index (χ0) is 15.7. The fraction of sp³-hybridized carbons (Fsp3) is 0.462. The molecule has 116 valence electrons. The van der Waals surface area contributed by atoms with Crippen LogP contribution in [0.2, 0.25) is 0 Å². The third-order valence-electron chi connectivity index (χ3n) is 3.33. The third-order valence-corrected chi connectivity index (χ3v) is 5.17. The Morgan fingerprint density at radius 3 is 2.62 bits per heavy atom. The highest BCUT2D eigenvalue weighted by Gasteiger charge is 2.31. The molecule has 0 radical (unpaired) electrons. The lowest BCUT2D eigenvalue weighted by Gasteiger charge is -2.11. The summed E-state index contributed by atoms with van der Waals surface area (Å²) in [4.78, 5) is 11.8. The third kappa shape index (κ3) is 4.20. The van der Waals surface area contributed by atoms with E-state index in [0.717, 1.165) is 18.2 Å². The van der Waals surface area contributed by atoms with Gasteiger partial charge in [0.15, 0.2) is 9.84 Å². The van der Waals surface area contributed by atoms with Crippen molar-refractivity contribution in [2.45, 2.75) is 12.6 Å². The topological polar surface area (TPSA) is 63.2 Å². The summed E-state index contributed by atoms with van der Waals surface area (Å²) in [6.07, 6.45) is -4.04. The van der Waals surface area contributed by atoms with Crippen LogP contribution in [-0.2, 0) is 16.0 Å². The maximum absolute atomic E-state index is 12.5. The number of hydrogen-bond donors (Lipinski definition) is 1. The second-order valence-electron chi connectivity index (χ2n) is 5.06. The zero-order valence-electron chi connectivity index (χ0n) is 11.0. The first-order valence-corrected chi connectivity index (χ1v) is 8.15. The number of hydrogen-bond acceptors (Lipinski definition) is 3. The number of nitrogens with one attached hydrogen (secondary N) is 1. The predicted octanol–water partition coefficient (Wildman–Crippen LogP) is 1.87. The lowest BCUT2D eigenvalue weighted by molar-refractivity contribution is -0.137. The molecule has 1 atom stereocenters. The molecule has 8 heteroatoms. The van der Waals surface area contributed by atoms with Crippen molar-refractivity contribution in [3.8, 4) is 0 Å². The Hall–Kier alpha value is -1.57. The molecule has 1 aliphatic heterocycles. The van der Waals surface area contributed by atoms with E-state index < -0.39 is 27.5 Å². The van der Waals surface area contributed by atoms with Crippen molar-refractivity contribution < 1.29 is 26.4 Å². The van der Waals surface area contributed by atoms with Crippen LogP contribution < -0.4 is 5.32 Å². The number of alkyl halides is 3. The van der Waals surface area contributed by atoms with Crippen LogP contribution in [-0.4, -0.2) is 32.4 Å². The van der Waals surface area contributed by atoms with E-state index in [4.69, 9.17) is 0 Å². The highest BCUT2D eigenvalue weighted by atomic mass is 32.2. The van der Waals surface area contributed by atoms with Gasteiger partial charge in [0.2, 0.25) is 0 Å². The molecule has 21 heavy (non-hydrogen) atoms. The molecule has 1 heterocycles. The largest absolute Gasteiger partial charge is 0.416 e. The van der Waals surface area contributed by atoms with Gasteiger partial charge in [0.1, 0.15) is 0 Å². The quantitative estimate of drug-likeness (QED) is 0.924. The number of amides is 1. The second kappa shape index (κ2) is 5.67. The van der Waals surface area contributed by atoms with E-state index in [2.05, 4.69) is 5.32 Å². The summed E-state index contributed by atoms with van der Waals surface area (Å²) in [5, 5.41) is 2.49. The average molecular weight is 321 g/mol. The summed E-state index contributed by atoms with van der Waals surface area (Å²) in [6.45, 7) is 0.147. The van der Waals surface area contributed by atoms with Crippen molar-refractivity contribution in [1.82, 2.24) is 5.32 Å². The van der Waals surface area contributed by atoms with Gasteiger partial charge < -0.3 is 5.32 Å². The van der Waals surface area contributed by atoms with E-state index in [0.29, 0.717) is 6.42 Å². The second-order valence-corrected chi connectivity index (χ2v) is 7.29. The molecule has 0 aliphatic carbocycles. The molecule has 0 spiro atoms. The molecule has 1 fully saturated rings. The van der Waals surface area contributed by atoms with E-state index in [-0.39, 0.29) is 29.5 Å². The molecular weight excluding hydrogens is 307 g/mol. The Bertz CT molecular complexity index is 640. The molecule has 1 aromatic rings. The van der Waals surface area contributed by atoms with Gasteiger partial charge in [-0.3, -0.25) is 4.79 Å². The monoisotopic (exact) mass is 321 g/mol. The van der Waals surface area contributed by atoms with Crippen molar-refractivity contribution in [3.05, 3.63) is 35.4 Å². The Morgan fingerprint density at radius 1 is 1.33 bits per heavy atom. The first-order valence-electron chi connectivity index (χ1n) is 6.33. The number of sulfone groups is 1. The Labute approximate surface area is 120 Å². The number of halogens is 3.